The molecule has 0 radical (unpaired) electrons. The third-order valence-electron chi connectivity index (χ3n) is 13.3. The molecule has 0 fully saturated rings. The number of carbonyl (C=O) groups excluding carboxylic acids is 3. The van der Waals surface area contributed by atoms with Crippen LogP contribution in [0.3, 0.4) is 0 Å². The molecule has 0 saturated heterocycles. The molecule has 0 aliphatic rings. The lowest BCUT2D eigenvalue weighted by Crippen LogP contribution is -2.30. The zero-order chi connectivity index (χ0) is 54.3. The molecule has 0 spiro atoms. The number of hydrogen-bond acceptors (Lipinski definition) is 6. The van der Waals surface area contributed by atoms with Gasteiger partial charge >= 0.3 is 17.9 Å². The smallest absolute Gasteiger partial charge is 0.306 e. The van der Waals surface area contributed by atoms with Gasteiger partial charge in [0, 0.05) is 19.3 Å². The van der Waals surface area contributed by atoms with E-state index >= 15 is 0 Å². The summed E-state index contributed by atoms with van der Waals surface area (Å²) >= 11 is 0. The maximum Gasteiger partial charge on any atom is 0.306 e. The van der Waals surface area contributed by atoms with E-state index in [0.717, 1.165) is 135 Å². The van der Waals surface area contributed by atoms with Gasteiger partial charge in [-0.25, -0.2) is 0 Å². The molecule has 0 heterocycles. The fourth-order valence-electron chi connectivity index (χ4n) is 8.61. The number of unbranched alkanes of at least 4 members (excludes halogenated alkanes) is 27. The fourth-order valence-corrected chi connectivity index (χ4v) is 8.61. The minimum atomic E-state index is -0.782. The van der Waals surface area contributed by atoms with Crippen LogP contribution in [0, 0.1) is 0 Å². The van der Waals surface area contributed by atoms with Crippen molar-refractivity contribution >= 4 is 17.9 Å². The average Bonchev–Trinajstić information content (AvgIpc) is 3.41. The summed E-state index contributed by atoms with van der Waals surface area (Å²) in [4.78, 5) is 38.0. The molecule has 428 valence electrons. The van der Waals surface area contributed by atoms with Crippen LogP contribution in [0.2, 0.25) is 0 Å². The molecule has 0 bridgehead atoms. The molecular formula is C69H116O6. The van der Waals surface area contributed by atoms with Crippen molar-refractivity contribution in [2.45, 2.75) is 297 Å². The summed E-state index contributed by atoms with van der Waals surface area (Å²) in [7, 11) is 0. The van der Waals surface area contributed by atoms with Crippen LogP contribution in [0.15, 0.2) is 109 Å². The van der Waals surface area contributed by atoms with E-state index in [1.807, 2.05) is 0 Å². The first-order valence-corrected chi connectivity index (χ1v) is 31.4. The Morgan fingerprint density at radius 2 is 0.520 bits per heavy atom. The largest absolute Gasteiger partial charge is 0.462 e. The van der Waals surface area contributed by atoms with Crippen LogP contribution in [-0.2, 0) is 28.6 Å². The lowest BCUT2D eigenvalue weighted by molar-refractivity contribution is -0.167. The Kier molecular flexibility index (Phi) is 59.3. The van der Waals surface area contributed by atoms with Crippen molar-refractivity contribution in [2.75, 3.05) is 13.2 Å². The summed E-state index contributed by atoms with van der Waals surface area (Å²) in [6.45, 7) is 6.48. The average molecular weight is 1040 g/mol. The number of hydrogen-bond donors (Lipinski definition) is 0. The summed E-state index contributed by atoms with van der Waals surface area (Å²) in [5, 5.41) is 0. The first kappa shape index (κ1) is 71.1. The highest BCUT2D eigenvalue weighted by Gasteiger charge is 2.19. The predicted octanol–water partition coefficient (Wildman–Crippen LogP) is 21.4. The maximum absolute atomic E-state index is 12.8. The zero-order valence-corrected chi connectivity index (χ0v) is 49.0. The van der Waals surface area contributed by atoms with Crippen molar-refractivity contribution in [3.8, 4) is 0 Å². The molecule has 0 aromatic heterocycles. The normalized spacial score (nSPS) is 12.8. The van der Waals surface area contributed by atoms with Gasteiger partial charge in [-0.05, 0) is 89.9 Å². The molecule has 0 N–H and O–H groups in total. The van der Waals surface area contributed by atoms with Gasteiger partial charge in [-0.15, -0.1) is 0 Å². The van der Waals surface area contributed by atoms with Gasteiger partial charge in [0.25, 0.3) is 0 Å². The van der Waals surface area contributed by atoms with Crippen molar-refractivity contribution < 1.29 is 28.6 Å². The molecule has 0 aliphatic heterocycles. The van der Waals surface area contributed by atoms with Gasteiger partial charge in [0.05, 0.1) is 0 Å². The first-order valence-electron chi connectivity index (χ1n) is 31.4. The van der Waals surface area contributed by atoms with E-state index in [-0.39, 0.29) is 31.1 Å². The van der Waals surface area contributed by atoms with Crippen LogP contribution in [0.5, 0.6) is 0 Å². The van der Waals surface area contributed by atoms with Crippen molar-refractivity contribution in [3.05, 3.63) is 109 Å². The van der Waals surface area contributed by atoms with Crippen molar-refractivity contribution in [3.63, 3.8) is 0 Å². The summed E-state index contributed by atoms with van der Waals surface area (Å²) in [5.74, 6) is -0.901. The molecule has 6 nitrogen and oxygen atoms in total. The van der Waals surface area contributed by atoms with Gasteiger partial charge in [0.15, 0.2) is 6.10 Å². The van der Waals surface area contributed by atoms with Crippen LogP contribution in [0.1, 0.15) is 290 Å². The monoisotopic (exact) mass is 1040 g/mol. The standard InChI is InChI=1S/C69H116O6/c1-4-7-10-13-16-18-20-22-24-26-27-28-29-30-31-32-33-34-35-36-37-38-39-40-41-43-44-46-48-50-53-56-59-62-68(71)74-65-66(64-73-67(70)61-58-55-52-15-12-9-6-3)75-69(72)63-60-57-54-51-49-47-45-42-25-23-21-19-17-14-11-8-5-2/h7,10,16,18,22,24,27-28,30-31,33-34,36-37,39-40,43-44,66H,4-6,8-9,11-15,17,19-21,23,25-26,29,32,35,38,41-42,45-65H2,1-3H3/b10-7-,18-16-,24-22-,28-27-,31-30-,34-33-,37-36-,40-39-,44-43-. The molecular weight excluding hydrogens is 925 g/mol. The highest BCUT2D eigenvalue weighted by Crippen LogP contribution is 2.16. The second-order valence-corrected chi connectivity index (χ2v) is 20.6. The molecule has 0 aromatic carbocycles. The molecule has 0 aliphatic carbocycles. The van der Waals surface area contributed by atoms with Crippen LogP contribution < -0.4 is 0 Å². The third kappa shape index (κ3) is 60.8. The van der Waals surface area contributed by atoms with Crippen molar-refractivity contribution in [2.24, 2.45) is 0 Å². The zero-order valence-electron chi connectivity index (χ0n) is 49.0. The Hall–Kier alpha value is -3.93. The Morgan fingerprint density at radius 3 is 0.813 bits per heavy atom. The third-order valence-corrected chi connectivity index (χ3v) is 13.3. The SMILES string of the molecule is CC/C=C\C/C=C\C/C=C\C/C=C\C/C=C\C/C=C\C/C=C\C/C=C\C/C=C\CCCCCCCC(=O)OCC(COC(=O)CCCCCCCCC)OC(=O)CCCCCCCCCCCCCCCCCCC. The molecule has 0 amide bonds. The number of esters is 3. The number of allylic oxidation sites excluding steroid dienone is 18. The lowest BCUT2D eigenvalue weighted by atomic mass is 10.0. The van der Waals surface area contributed by atoms with E-state index in [2.05, 4.69) is 130 Å². The molecule has 75 heavy (non-hydrogen) atoms. The second-order valence-electron chi connectivity index (χ2n) is 20.6. The fraction of sp³-hybridized carbons (Fsp3) is 0.696. The quantitative estimate of drug-likeness (QED) is 0.0261. The molecule has 1 unspecified atom stereocenters. The predicted molar refractivity (Wildman–Crippen MR) is 325 cm³/mol. The number of ether oxygens (including phenoxy) is 3. The molecule has 1 atom stereocenters. The second kappa shape index (κ2) is 62.6. The van der Waals surface area contributed by atoms with Gasteiger partial charge in [0.2, 0.25) is 0 Å². The molecule has 0 aromatic rings. The Bertz CT molecular complexity index is 1520. The van der Waals surface area contributed by atoms with Crippen LogP contribution >= 0.6 is 0 Å². The van der Waals surface area contributed by atoms with E-state index in [1.165, 1.54) is 116 Å². The number of carbonyl (C=O) groups is 3. The lowest BCUT2D eigenvalue weighted by Gasteiger charge is -2.18. The highest BCUT2D eigenvalue weighted by atomic mass is 16.6. The maximum atomic E-state index is 12.8. The van der Waals surface area contributed by atoms with E-state index < -0.39 is 6.10 Å². The van der Waals surface area contributed by atoms with E-state index in [1.54, 1.807) is 0 Å². The van der Waals surface area contributed by atoms with E-state index in [9.17, 15) is 14.4 Å². The minimum absolute atomic E-state index is 0.0816. The van der Waals surface area contributed by atoms with Gasteiger partial charge in [0.1, 0.15) is 13.2 Å². The topological polar surface area (TPSA) is 78.9 Å². The number of rotatable bonds is 56. The van der Waals surface area contributed by atoms with Gasteiger partial charge < -0.3 is 14.2 Å². The molecule has 0 rings (SSSR count). The summed E-state index contributed by atoms with van der Waals surface area (Å²) in [5.41, 5.74) is 0. The Morgan fingerprint density at radius 1 is 0.280 bits per heavy atom. The van der Waals surface area contributed by atoms with Gasteiger partial charge in [-0.2, -0.15) is 0 Å². The molecule has 0 saturated carbocycles. The Balaban J connectivity index is 4.18. The highest BCUT2D eigenvalue weighted by molar-refractivity contribution is 5.71. The van der Waals surface area contributed by atoms with Crippen molar-refractivity contribution in [1.29, 1.82) is 0 Å². The molecule has 6 heteroatoms. The summed E-state index contributed by atoms with van der Waals surface area (Å²) in [6.07, 6.45) is 85.4. The van der Waals surface area contributed by atoms with Gasteiger partial charge in [-0.3, -0.25) is 14.4 Å². The van der Waals surface area contributed by atoms with Crippen LogP contribution in [0.25, 0.3) is 0 Å². The summed E-state index contributed by atoms with van der Waals surface area (Å²) in [6, 6.07) is 0. The van der Waals surface area contributed by atoms with Crippen molar-refractivity contribution in [1.82, 2.24) is 0 Å². The van der Waals surface area contributed by atoms with Crippen LogP contribution in [0.4, 0.5) is 0 Å². The van der Waals surface area contributed by atoms with E-state index in [0.29, 0.717) is 19.3 Å². The van der Waals surface area contributed by atoms with Crippen LogP contribution in [-0.4, -0.2) is 37.2 Å². The van der Waals surface area contributed by atoms with Gasteiger partial charge in [-0.1, -0.05) is 291 Å². The van der Waals surface area contributed by atoms with E-state index in [4.69, 9.17) is 14.2 Å². The first-order chi connectivity index (χ1) is 37.0. The summed E-state index contributed by atoms with van der Waals surface area (Å²) < 4.78 is 16.8. The minimum Gasteiger partial charge on any atom is -0.462 e. The Labute approximate surface area is 463 Å².